The number of carbonyl (C=O) groups is 1. The molecule has 0 aliphatic carbocycles. The quantitative estimate of drug-likeness (QED) is 0.405. The first kappa shape index (κ1) is 22.3. The number of nitrogens with one attached hydrogen (secondary N) is 2. The van der Waals surface area contributed by atoms with E-state index in [4.69, 9.17) is 5.11 Å². The number of alkyl halides is 3. The summed E-state index contributed by atoms with van der Waals surface area (Å²) in [5, 5.41) is 14.6. The van der Waals surface area contributed by atoms with Crippen LogP contribution in [0.15, 0.2) is 53.0 Å². The van der Waals surface area contributed by atoms with Gasteiger partial charge in [0.1, 0.15) is 18.1 Å². The molecule has 0 spiro atoms. The van der Waals surface area contributed by atoms with Crippen LogP contribution in [0.3, 0.4) is 0 Å². The third-order valence-corrected chi connectivity index (χ3v) is 4.88. The van der Waals surface area contributed by atoms with Crippen molar-refractivity contribution in [2.45, 2.75) is 13.3 Å². The molecule has 0 saturated heterocycles. The van der Waals surface area contributed by atoms with Crippen molar-refractivity contribution in [1.82, 2.24) is 9.97 Å². The lowest BCUT2D eigenvalue weighted by molar-refractivity contribution is -0.274. The van der Waals surface area contributed by atoms with Crippen molar-refractivity contribution in [3.05, 3.63) is 58.6 Å². The molecular weight excluding hydrogens is 481 g/mol. The zero-order valence-corrected chi connectivity index (χ0v) is 17.6. The van der Waals surface area contributed by atoms with Gasteiger partial charge in [0.25, 0.3) is 0 Å². The summed E-state index contributed by atoms with van der Waals surface area (Å²) in [7, 11) is 0. The summed E-state index contributed by atoms with van der Waals surface area (Å²) < 4.78 is 42.5. The smallest absolute Gasteiger partial charge is 0.480 e. The molecule has 0 saturated carbocycles. The summed E-state index contributed by atoms with van der Waals surface area (Å²) in [6.07, 6.45) is -4.83. The zero-order chi connectivity index (χ0) is 22.6. The molecule has 0 amide bonds. The summed E-state index contributed by atoms with van der Waals surface area (Å²) in [5.41, 5.74) is 2.24. The average Bonchev–Trinajstić information content (AvgIpc) is 2.69. The number of anilines is 3. The topological polar surface area (TPSA) is 96.4 Å². The fourth-order valence-corrected chi connectivity index (χ4v) is 2.99. The third-order valence-electron chi connectivity index (χ3n) is 4.02. The number of hydrogen-bond acceptors (Lipinski definition) is 6. The van der Waals surface area contributed by atoms with Crippen molar-refractivity contribution in [3.8, 4) is 17.0 Å². The van der Waals surface area contributed by atoms with Crippen LogP contribution in [0.25, 0.3) is 11.3 Å². The number of benzene rings is 2. The highest BCUT2D eigenvalue weighted by Crippen LogP contribution is 2.30. The summed E-state index contributed by atoms with van der Waals surface area (Å²) in [4.78, 5) is 19.4. The van der Waals surface area contributed by atoms with Gasteiger partial charge in [0.15, 0.2) is 0 Å². The Hall–Kier alpha value is -3.34. The minimum absolute atomic E-state index is 0.00260. The van der Waals surface area contributed by atoms with Crippen molar-refractivity contribution in [2.24, 2.45) is 0 Å². The maximum absolute atomic E-state index is 12.6. The maximum atomic E-state index is 12.6. The highest BCUT2D eigenvalue weighted by atomic mass is 79.9. The zero-order valence-electron chi connectivity index (χ0n) is 16.0. The van der Waals surface area contributed by atoms with Gasteiger partial charge in [0.05, 0.1) is 5.69 Å². The lowest BCUT2D eigenvalue weighted by Crippen LogP contribution is -2.17. The second-order valence-corrected chi connectivity index (χ2v) is 7.18. The third kappa shape index (κ3) is 6.32. The van der Waals surface area contributed by atoms with Crippen LogP contribution in [-0.4, -0.2) is 34.0 Å². The number of hydrogen-bond donors (Lipinski definition) is 3. The van der Waals surface area contributed by atoms with Crippen molar-refractivity contribution in [3.63, 3.8) is 0 Å². The molecule has 3 N–H and O–H groups in total. The first-order chi connectivity index (χ1) is 14.6. The second-order valence-electron chi connectivity index (χ2n) is 6.32. The van der Waals surface area contributed by atoms with E-state index in [0.29, 0.717) is 11.4 Å². The van der Waals surface area contributed by atoms with Gasteiger partial charge in [-0.25, -0.2) is 4.98 Å². The highest BCUT2D eigenvalue weighted by molar-refractivity contribution is 9.10. The molecule has 0 aliphatic heterocycles. The predicted octanol–water partition coefficient (Wildman–Crippen LogP) is 5.35. The van der Waals surface area contributed by atoms with Gasteiger partial charge in [-0.15, -0.1) is 13.2 Å². The van der Waals surface area contributed by atoms with E-state index in [1.807, 2.05) is 25.1 Å². The number of nitrogens with zero attached hydrogens (tertiary/aromatic N) is 2. The van der Waals surface area contributed by atoms with Crippen LogP contribution in [0.2, 0.25) is 0 Å². The SMILES string of the molecule is Cc1c(Br)cccc1Nc1cc(-c2cccc(OC(F)(F)F)c2)nc(NCC(=O)O)n1. The molecule has 0 aliphatic rings. The minimum Gasteiger partial charge on any atom is -0.480 e. The van der Waals surface area contributed by atoms with Crippen LogP contribution in [0, 0.1) is 6.92 Å². The van der Waals surface area contributed by atoms with Crippen molar-refractivity contribution in [1.29, 1.82) is 0 Å². The molecule has 0 fully saturated rings. The molecule has 3 aromatic rings. The van der Waals surface area contributed by atoms with Gasteiger partial charge in [-0.05, 0) is 36.8 Å². The van der Waals surface area contributed by atoms with Crippen molar-refractivity contribution >= 4 is 39.4 Å². The first-order valence-corrected chi connectivity index (χ1v) is 9.63. The van der Waals surface area contributed by atoms with Gasteiger partial charge < -0.3 is 20.5 Å². The molecule has 7 nitrogen and oxygen atoms in total. The summed E-state index contributed by atoms with van der Waals surface area (Å²) >= 11 is 3.44. The summed E-state index contributed by atoms with van der Waals surface area (Å²) in [6, 6.07) is 12.4. The second kappa shape index (κ2) is 9.21. The average molecular weight is 497 g/mol. The van der Waals surface area contributed by atoms with Gasteiger partial charge in [-0.3, -0.25) is 4.79 Å². The summed E-state index contributed by atoms with van der Waals surface area (Å²) in [5.74, 6) is -1.20. The van der Waals surface area contributed by atoms with Crippen LogP contribution in [-0.2, 0) is 4.79 Å². The number of carboxylic acids is 1. The van der Waals surface area contributed by atoms with E-state index in [1.54, 1.807) is 12.1 Å². The summed E-state index contributed by atoms with van der Waals surface area (Å²) in [6.45, 7) is 1.45. The van der Waals surface area contributed by atoms with E-state index in [2.05, 4.69) is 41.3 Å². The monoisotopic (exact) mass is 496 g/mol. The van der Waals surface area contributed by atoms with E-state index < -0.39 is 24.6 Å². The Morgan fingerprint density at radius 1 is 1.16 bits per heavy atom. The van der Waals surface area contributed by atoms with E-state index in [-0.39, 0.29) is 11.6 Å². The normalized spacial score (nSPS) is 11.1. The van der Waals surface area contributed by atoms with E-state index in [1.165, 1.54) is 18.2 Å². The van der Waals surface area contributed by atoms with Crippen LogP contribution in [0.1, 0.15) is 5.56 Å². The molecule has 3 rings (SSSR count). The van der Waals surface area contributed by atoms with Crippen LogP contribution in [0.4, 0.5) is 30.6 Å². The Morgan fingerprint density at radius 3 is 2.61 bits per heavy atom. The number of aromatic nitrogens is 2. The number of ether oxygens (including phenoxy) is 1. The number of halogens is 4. The fourth-order valence-electron chi connectivity index (χ4n) is 2.63. The molecule has 11 heteroatoms. The molecule has 31 heavy (non-hydrogen) atoms. The lowest BCUT2D eigenvalue weighted by atomic mass is 10.1. The Kier molecular flexibility index (Phi) is 6.64. The number of carboxylic acid groups (broad SMARTS) is 1. The van der Waals surface area contributed by atoms with Gasteiger partial charge >= 0.3 is 12.3 Å². The fraction of sp³-hybridized carbons (Fsp3) is 0.150. The minimum atomic E-state index is -4.83. The Balaban J connectivity index is 2.00. The van der Waals surface area contributed by atoms with Crippen LogP contribution < -0.4 is 15.4 Å². The van der Waals surface area contributed by atoms with Gasteiger partial charge in [-0.2, -0.15) is 4.98 Å². The predicted molar refractivity (Wildman–Crippen MR) is 112 cm³/mol. The van der Waals surface area contributed by atoms with Gasteiger partial charge in [0, 0.05) is 21.8 Å². The van der Waals surface area contributed by atoms with Crippen molar-refractivity contribution < 1.29 is 27.8 Å². The molecular formula is C20H16BrF3N4O3. The van der Waals surface area contributed by atoms with Gasteiger partial charge in [-0.1, -0.05) is 34.1 Å². The molecule has 2 aromatic carbocycles. The molecule has 1 aromatic heterocycles. The van der Waals surface area contributed by atoms with Gasteiger partial charge in [0.2, 0.25) is 5.95 Å². The lowest BCUT2D eigenvalue weighted by Gasteiger charge is -2.14. The van der Waals surface area contributed by atoms with Crippen molar-refractivity contribution in [2.75, 3.05) is 17.2 Å². The van der Waals surface area contributed by atoms with E-state index >= 15 is 0 Å². The Morgan fingerprint density at radius 2 is 1.90 bits per heavy atom. The highest BCUT2D eigenvalue weighted by Gasteiger charge is 2.31. The Bertz CT molecular complexity index is 1110. The largest absolute Gasteiger partial charge is 0.573 e. The standard InChI is InChI=1S/C20H16BrF3N4O3/c1-11-14(21)6-3-7-15(11)26-17-9-16(27-19(28-17)25-10-18(29)30)12-4-2-5-13(8-12)31-20(22,23)24/h2-9H,10H2,1H3,(H,29,30)(H2,25,26,27,28). The number of aliphatic carboxylic acids is 1. The first-order valence-electron chi connectivity index (χ1n) is 8.84. The molecule has 0 radical (unpaired) electrons. The van der Waals surface area contributed by atoms with Crippen LogP contribution >= 0.6 is 15.9 Å². The maximum Gasteiger partial charge on any atom is 0.573 e. The molecule has 1 heterocycles. The van der Waals surface area contributed by atoms with E-state index in [9.17, 15) is 18.0 Å². The Labute approximate surface area is 183 Å². The van der Waals surface area contributed by atoms with E-state index in [0.717, 1.165) is 15.7 Å². The molecule has 0 atom stereocenters. The number of rotatable bonds is 7. The molecule has 0 bridgehead atoms. The van der Waals surface area contributed by atoms with Crippen LogP contribution in [0.5, 0.6) is 5.75 Å². The molecule has 162 valence electrons. The molecule has 0 unspecified atom stereocenters.